The maximum Gasteiger partial charge on any atom is 0.309 e. The number of ether oxygens (including phenoxy) is 3. The Morgan fingerprint density at radius 1 is 1.08 bits per heavy atom. The summed E-state index contributed by atoms with van der Waals surface area (Å²) in [5.41, 5.74) is 3.18. The molecular weight excluding hydrogens is 308 g/mol. The van der Waals surface area contributed by atoms with Crippen LogP contribution in [0.15, 0.2) is 71.7 Å². The van der Waals surface area contributed by atoms with Gasteiger partial charge in [-0.2, -0.15) is 5.10 Å². The van der Waals surface area contributed by atoms with Crippen LogP contribution in [-0.4, -0.2) is 25.3 Å². The second-order valence-corrected chi connectivity index (χ2v) is 4.89. The van der Waals surface area contributed by atoms with Crippen LogP contribution in [-0.2, 0) is 14.3 Å². The van der Waals surface area contributed by atoms with E-state index in [4.69, 9.17) is 14.2 Å². The molecule has 1 heterocycles. The van der Waals surface area contributed by atoms with Gasteiger partial charge in [-0.1, -0.05) is 30.3 Å². The van der Waals surface area contributed by atoms with E-state index in [-0.39, 0.29) is 5.76 Å². The largest absolute Gasteiger partial charge is 0.494 e. The van der Waals surface area contributed by atoms with E-state index in [1.165, 1.54) is 12.5 Å². The Hall–Kier alpha value is -3.28. The standard InChI is InChI=1S/C18H16N2O4/c21-18(17-13-22-9-10-23-17)20-19-12-14-5-4-8-16(11-14)24-15-6-2-1-3-7-15/h1-8,11-13H,9-10H2,(H,20,21)/b19-12+. The van der Waals surface area contributed by atoms with E-state index >= 15 is 0 Å². The van der Waals surface area contributed by atoms with Crippen LogP contribution in [0.1, 0.15) is 5.56 Å². The molecule has 6 heteroatoms. The van der Waals surface area contributed by atoms with Gasteiger partial charge in [-0.3, -0.25) is 4.79 Å². The van der Waals surface area contributed by atoms with Crippen LogP contribution in [0, 0.1) is 0 Å². The van der Waals surface area contributed by atoms with Crippen LogP contribution in [0.3, 0.4) is 0 Å². The van der Waals surface area contributed by atoms with Crippen molar-refractivity contribution in [2.24, 2.45) is 5.10 Å². The number of rotatable bonds is 5. The average Bonchev–Trinajstić information content (AvgIpc) is 2.63. The second-order valence-electron chi connectivity index (χ2n) is 4.89. The highest BCUT2D eigenvalue weighted by molar-refractivity contribution is 5.92. The highest BCUT2D eigenvalue weighted by Crippen LogP contribution is 2.21. The fourth-order valence-electron chi connectivity index (χ4n) is 1.99. The van der Waals surface area contributed by atoms with Gasteiger partial charge in [0, 0.05) is 0 Å². The van der Waals surface area contributed by atoms with Gasteiger partial charge in [-0.25, -0.2) is 5.43 Å². The van der Waals surface area contributed by atoms with Crippen molar-refractivity contribution in [1.82, 2.24) is 5.43 Å². The molecule has 1 N–H and O–H groups in total. The predicted octanol–water partition coefficient (Wildman–Crippen LogP) is 2.82. The van der Waals surface area contributed by atoms with Gasteiger partial charge in [0.15, 0.2) is 0 Å². The van der Waals surface area contributed by atoms with Gasteiger partial charge < -0.3 is 14.2 Å². The lowest BCUT2D eigenvalue weighted by Gasteiger charge is -2.13. The summed E-state index contributed by atoms with van der Waals surface area (Å²) in [6.45, 7) is 0.788. The third kappa shape index (κ3) is 4.36. The molecule has 0 saturated carbocycles. The first-order valence-electron chi connectivity index (χ1n) is 7.42. The summed E-state index contributed by atoms with van der Waals surface area (Å²) in [7, 11) is 0. The molecule has 1 aliphatic rings. The Balaban J connectivity index is 1.60. The highest BCUT2D eigenvalue weighted by atomic mass is 16.6. The highest BCUT2D eigenvalue weighted by Gasteiger charge is 2.13. The Kier molecular flexibility index (Phi) is 5.09. The molecule has 0 unspecified atom stereocenters. The number of nitrogens with zero attached hydrogens (tertiary/aromatic N) is 1. The maximum atomic E-state index is 11.8. The van der Waals surface area contributed by atoms with Gasteiger partial charge in [-0.05, 0) is 29.8 Å². The van der Waals surface area contributed by atoms with Crippen molar-refractivity contribution in [2.45, 2.75) is 0 Å². The second kappa shape index (κ2) is 7.82. The smallest absolute Gasteiger partial charge is 0.309 e. The Morgan fingerprint density at radius 2 is 1.92 bits per heavy atom. The SMILES string of the molecule is O=C(N/N=C/c1cccc(Oc2ccccc2)c1)C1=COCCO1. The summed E-state index contributed by atoms with van der Waals surface area (Å²) in [6.07, 6.45) is 2.81. The average molecular weight is 324 g/mol. The minimum Gasteiger partial charge on any atom is -0.494 e. The summed E-state index contributed by atoms with van der Waals surface area (Å²) in [5.74, 6) is 1.09. The summed E-state index contributed by atoms with van der Waals surface area (Å²) in [6, 6.07) is 16.9. The van der Waals surface area contributed by atoms with Crippen molar-refractivity contribution in [3.05, 3.63) is 72.2 Å². The molecule has 24 heavy (non-hydrogen) atoms. The third-order valence-corrected chi connectivity index (χ3v) is 3.09. The van der Waals surface area contributed by atoms with Crippen molar-refractivity contribution in [3.8, 4) is 11.5 Å². The number of carbonyl (C=O) groups is 1. The van der Waals surface area contributed by atoms with E-state index in [9.17, 15) is 4.79 Å². The van der Waals surface area contributed by atoms with Gasteiger partial charge in [0.25, 0.3) is 0 Å². The Labute approximate surface area is 139 Å². The molecule has 0 fully saturated rings. The minimum absolute atomic E-state index is 0.111. The Bertz CT molecular complexity index is 757. The molecule has 2 aromatic rings. The van der Waals surface area contributed by atoms with E-state index in [1.54, 1.807) is 0 Å². The molecule has 0 spiro atoms. The monoisotopic (exact) mass is 324 g/mol. The lowest BCUT2D eigenvalue weighted by molar-refractivity contribution is -0.122. The minimum atomic E-state index is -0.456. The normalized spacial score (nSPS) is 13.6. The van der Waals surface area contributed by atoms with Crippen LogP contribution in [0.5, 0.6) is 11.5 Å². The van der Waals surface area contributed by atoms with Crippen LogP contribution >= 0.6 is 0 Å². The molecule has 2 aromatic carbocycles. The summed E-state index contributed by atoms with van der Waals surface area (Å²) < 4.78 is 15.9. The molecule has 6 nitrogen and oxygen atoms in total. The zero-order valence-electron chi connectivity index (χ0n) is 12.8. The molecule has 0 radical (unpaired) electrons. The van der Waals surface area contributed by atoms with Crippen molar-refractivity contribution >= 4 is 12.1 Å². The van der Waals surface area contributed by atoms with Gasteiger partial charge in [0.1, 0.15) is 31.0 Å². The van der Waals surface area contributed by atoms with E-state index in [0.29, 0.717) is 19.0 Å². The number of nitrogens with one attached hydrogen (secondary N) is 1. The molecular formula is C18H16N2O4. The van der Waals surface area contributed by atoms with Gasteiger partial charge >= 0.3 is 5.91 Å². The molecule has 0 saturated heterocycles. The van der Waals surface area contributed by atoms with Crippen molar-refractivity contribution in [3.63, 3.8) is 0 Å². The van der Waals surface area contributed by atoms with Crippen LogP contribution in [0.25, 0.3) is 0 Å². The van der Waals surface area contributed by atoms with E-state index in [2.05, 4.69) is 10.5 Å². The van der Waals surface area contributed by atoms with Gasteiger partial charge in [0.05, 0.1) is 6.21 Å². The van der Waals surface area contributed by atoms with Crippen molar-refractivity contribution in [1.29, 1.82) is 0 Å². The third-order valence-electron chi connectivity index (χ3n) is 3.09. The molecule has 122 valence electrons. The number of amides is 1. The maximum absolute atomic E-state index is 11.8. The molecule has 0 aromatic heterocycles. The van der Waals surface area contributed by atoms with Crippen LogP contribution in [0.2, 0.25) is 0 Å². The van der Waals surface area contributed by atoms with Gasteiger partial charge in [-0.15, -0.1) is 0 Å². The number of benzene rings is 2. The van der Waals surface area contributed by atoms with E-state index in [0.717, 1.165) is 11.3 Å². The number of para-hydroxylation sites is 1. The fourth-order valence-corrected chi connectivity index (χ4v) is 1.99. The van der Waals surface area contributed by atoms with Crippen LogP contribution in [0.4, 0.5) is 0 Å². The van der Waals surface area contributed by atoms with E-state index in [1.807, 2.05) is 54.6 Å². The zero-order chi connectivity index (χ0) is 16.6. The fraction of sp³-hybridized carbons (Fsp3) is 0.111. The number of hydrazone groups is 1. The molecule has 3 rings (SSSR count). The Morgan fingerprint density at radius 3 is 2.71 bits per heavy atom. The molecule has 0 bridgehead atoms. The van der Waals surface area contributed by atoms with Crippen LogP contribution < -0.4 is 10.2 Å². The predicted molar refractivity (Wildman–Crippen MR) is 88.7 cm³/mol. The zero-order valence-corrected chi connectivity index (χ0v) is 12.8. The quantitative estimate of drug-likeness (QED) is 0.678. The van der Waals surface area contributed by atoms with Gasteiger partial charge in [0.2, 0.25) is 5.76 Å². The molecule has 1 aliphatic heterocycles. The lowest BCUT2D eigenvalue weighted by atomic mass is 10.2. The molecule has 0 atom stereocenters. The van der Waals surface area contributed by atoms with Crippen molar-refractivity contribution in [2.75, 3.05) is 13.2 Å². The summed E-state index contributed by atoms with van der Waals surface area (Å²) in [5, 5.41) is 3.91. The first-order valence-corrected chi connectivity index (χ1v) is 7.42. The topological polar surface area (TPSA) is 69.2 Å². The number of hydrogen-bond donors (Lipinski definition) is 1. The number of carbonyl (C=O) groups excluding carboxylic acids is 1. The number of hydrogen-bond acceptors (Lipinski definition) is 5. The summed E-state index contributed by atoms with van der Waals surface area (Å²) >= 11 is 0. The molecule has 0 aliphatic carbocycles. The summed E-state index contributed by atoms with van der Waals surface area (Å²) in [4.78, 5) is 11.8. The lowest BCUT2D eigenvalue weighted by Crippen LogP contribution is -2.24. The van der Waals surface area contributed by atoms with E-state index < -0.39 is 5.91 Å². The molecule has 1 amide bonds. The first-order chi connectivity index (χ1) is 11.8. The first kappa shape index (κ1) is 15.6. The van der Waals surface area contributed by atoms with Crippen molar-refractivity contribution < 1.29 is 19.0 Å².